The molecule has 0 saturated carbocycles. The number of hydrogen-bond acceptors (Lipinski definition) is 3. The van der Waals surface area contributed by atoms with Crippen LogP contribution in [0.4, 0.5) is 14.5 Å². The zero-order valence-electron chi connectivity index (χ0n) is 10.9. The predicted molar refractivity (Wildman–Crippen MR) is 73.4 cm³/mol. The van der Waals surface area contributed by atoms with Crippen molar-refractivity contribution in [3.8, 4) is 0 Å². The third-order valence-corrected chi connectivity index (χ3v) is 4.26. The lowest BCUT2D eigenvalue weighted by Crippen LogP contribution is -2.17. The summed E-state index contributed by atoms with van der Waals surface area (Å²) in [5, 5.41) is 6.93. The number of unbranched alkanes of at least 4 members (excludes halogenated alkanes) is 1. The van der Waals surface area contributed by atoms with Crippen LogP contribution in [0.5, 0.6) is 0 Å². The number of halogens is 2. The van der Waals surface area contributed by atoms with Crippen molar-refractivity contribution < 1.29 is 17.2 Å². The number of alkyl halides is 1. The number of nitrogens with zero attached hydrogens (tertiary/aromatic N) is 1. The molecule has 110 valence electrons. The molecule has 0 radical (unpaired) electrons. The van der Waals surface area contributed by atoms with E-state index >= 15 is 0 Å². The molecule has 0 aliphatic carbocycles. The summed E-state index contributed by atoms with van der Waals surface area (Å²) in [6.45, 7) is 1.14. The number of anilines is 1. The molecule has 2 aromatic rings. The van der Waals surface area contributed by atoms with Gasteiger partial charge in [-0.1, -0.05) is 0 Å². The zero-order valence-corrected chi connectivity index (χ0v) is 11.7. The average Bonchev–Trinajstić information content (AvgIpc) is 2.71. The Hall–Kier alpha value is -1.70. The highest BCUT2D eigenvalue weighted by atomic mass is 32.2. The van der Waals surface area contributed by atoms with Crippen molar-refractivity contribution >= 4 is 26.6 Å². The molecule has 0 aliphatic rings. The van der Waals surface area contributed by atoms with E-state index in [1.54, 1.807) is 6.92 Å². The van der Waals surface area contributed by atoms with Crippen molar-refractivity contribution in [2.24, 2.45) is 0 Å². The summed E-state index contributed by atoms with van der Waals surface area (Å²) in [4.78, 5) is 0. The molecular formula is C12H15F2N3O2S. The number of nitrogens with one attached hydrogen (secondary N) is 2. The lowest BCUT2D eigenvalue weighted by Gasteiger charge is -2.08. The number of benzene rings is 1. The number of aryl methyl sites for hydroxylation is 1. The molecule has 0 spiro atoms. The van der Waals surface area contributed by atoms with Crippen LogP contribution >= 0.6 is 0 Å². The molecule has 0 amide bonds. The first-order valence-corrected chi connectivity index (χ1v) is 7.79. The standard InChI is InChI=1S/C12H15F2N3O2S/c1-8-10-6-9(7-11(14)12(10)16-15-8)17-20(18,19)5-3-2-4-13/h6-7,17H,2-5H2,1H3,(H,15,16). The minimum Gasteiger partial charge on any atom is -0.283 e. The van der Waals surface area contributed by atoms with Crippen LogP contribution in [0.1, 0.15) is 18.5 Å². The van der Waals surface area contributed by atoms with Gasteiger partial charge in [0.05, 0.1) is 23.8 Å². The quantitative estimate of drug-likeness (QED) is 0.805. The molecule has 1 heterocycles. The maximum atomic E-state index is 13.8. The summed E-state index contributed by atoms with van der Waals surface area (Å²) in [6, 6.07) is 2.61. The van der Waals surface area contributed by atoms with E-state index in [4.69, 9.17) is 0 Å². The van der Waals surface area contributed by atoms with E-state index in [0.29, 0.717) is 11.1 Å². The summed E-state index contributed by atoms with van der Waals surface area (Å²) in [6.07, 6.45) is 0.413. The molecule has 1 aromatic heterocycles. The van der Waals surface area contributed by atoms with Crippen molar-refractivity contribution in [2.75, 3.05) is 17.1 Å². The van der Waals surface area contributed by atoms with Gasteiger partial charge in [-0.05, 0) is 25.8 Å². The molecule has 20 heavy (non-hydrogen) atoms. The largest absolute Gasteiger partial charge is 0.283 e. The van der Waals surface area contributed by atoms with E-state index in [-0.39, 0.29) is 29.8 Å². The molecule has 0 unspecified atom stereocenters. The van der Waals surface area contributed by atoms with Gasteiger partial charge in [-0.25, -0.2) is 12.8 Å². The molecule has 5 nitrogen and oxygen atoms in total. The van der Waals surface area contributed by atoms with Gasteiger partial charge in [0.25, 0.3) is 0 Å². The molecule has 0 saturated heterocycles. The number of aromatic amines is 1. The summed E-state index contributed by atoms with van der Waals surface area (Å²) in [5.41, 5.74) is 0.958. The Morgan fingerprint density at radius 1 is 1.35 bits per heavy atom. The van der Waals surface area contributed by atoms with E-state index in [2.05, 4.69) is 14.9 Å². The predicted octanol–water partition coefficient (Wildman–Crippen LogP) is 2.50. The Kier molecular flexibility index (Phi) is 4.22. The first-order chi connectivity index (χ1) is 9.43. The van der Waals surface area contributed by atoms with Gasteiger partial charge in [-0.3, -0.25) is 14.2 Å². The first kappa shape index (κ1) is 14.7. The topological polar surface area (TPSA) is 74.8 Å². The van der Waals surface area contributed by atoms with Crippen LogP contribution in [0.15, 0.2) is 12.1 Å². The second-order valence-corrected chi connectivity index (χ2v) is 6.35. The minimum atomic E-state index is -3.60. The lowest BCUT2D eigenvalue weighted by molar-refractivity contribution is 0.468. The van der Waals surface area contributed by atoms with Crippen molar-refractivity contribution in [1.29, 1.82) is 0 Å². The molecule has 0 atom stereocenters. The summed E-state index contributed by atoms with van der Waals surface area (Å²) < 4.78 is 51.6. The molecule has 0 bridgehead atoms. The van der Waals surface area contributed by atoms with Gasteiger partial charge in [0, 0.05) is 11.5 Å². The number of sulfonamides is 1. The maximum Gasteiger partial charge on any atom is 0.232 e. The number of hydrogen-bond donors (Lipinski definition) is 2. The van der Waals surface area contributed by atoms with Crippen LogP contribution in [-0.4, -0.2) is 31.0 Å². The zero-order chi connectivity index (χ0) is 14.8. The second kappa shape index (κ2) is 5.74. The van der Waals surface area contributed by atoms with E-state index in [1.165, 1.54) is 6.07 Å². The Labute approximate surface area is 115 Å². The molecule has 0 aliphatic heterocycles. The van der Waals surface area contributed by atoms with Crippen molar-refractivity contribution in [1.82, 2.24) is 10.2 Å². The second-order valence-electron chi connectivity index (χ2n) is 4.51. The third kappa shape index (κ3) is 3.24. The summed E-state index contributed by atoms with van der Waals surface area (Å²) >= 11 is 0. The SMILES string of the molecule is Cc1n[nH]c2c(F)cc(NS(=O)(=O)CCCCF)cc12. The first-order valence-electron chi connectivity index (χ1n) is 6.13. The fourth-order valence-corrected chi connectivity index (χ4v) is 3.04. The van der Waals surface area contributed by atoms with Crippen LogP contribution < -0.4 is 4.72 Å². The van der Waals surface area contributed by atoms with Crippen LogP contribution in [0, 0.1) is 12.7 Å². The monoisotopic (exact) mass is 303 g/mol. The van der Waals surface area contributed by atoms with E-state index in [1.807, 2.05) is 0 Å². The molecule has 8 heteroatoms. The maximum absolute atomic E-state index is 13.8. The normalized spacial score (nSPS) is 11.9. The highest BCUT2D eigenvalue weighted by Crippen LogP contribution is 2.24. The van der Waals surface area contributed by atoms with Gasteiger partial charge in [0.15, 0.2) is 5.82 Å². The van der Waals surface area contributed by atoms with Gasteiger partial charge in [-0.15, -0.1) is 0 Å². The molecule has 2 N–H and O–H groups in total. The van der Waals surface area contributed by atoms with Crippen LogP contribution in [0.2, 0.25) is 0 Å². The molecule has 2 rings (SSSR count). The third-order valence-electron chi connectivity index (χ3n) is 2.89. The van der Waals surface area contributed by atoms with E-state index < -0.39 is 22.5 Å². The number of rotatable bonds is 6. The van der Waals surface area contributed by atoms with Crippen molar-refractivity contribution in [3.05, 3.63) is 23.6 Å². The highest BCUT2D eigenvalue weighted by Gasteiger charge is 2.14. The molecular weight excluding hydrogens is 288 g/mol. The molecule has 0 fully saturated rings. The van der Waals surface area contributed by atoms with Crippen molar-refractivity contribution in [2.45, 2.75) is 19.8 Å². The Morgan fingerprint density at radius 3 is 2.80 bits per heavy atom. The smallest absolute Gasteiger partial charge is 0.232 e. The van der Waals surface area contributed by atoms with Crippen LogP contribution in [0.3, 0.4) is 0 Å². The van der Waals surface area contributed by atoms with Gasteiger partial charge in [0.2, 0.25) is 10.0 Å². The van der Waals surface area contributed by atoms with Crippen LogP contribution in [0.25, 0.3) is 10.9 Å². The number of H-pyrrole nitrogens is 1. The lowest BCUT2D eigenvalue weighted by atomic mass is 10.2. The Morgan fingerprint density at radius 2 is 2.10 bits per heavy atom. The van der Waals surface area contributed by atoms with Crippen LogP contribution in [-0.2, 0) is 10.0 Å². The average molecular weight is 303 g/mol. The van der Waals surface area contributed by atoms with E-state index in [9.17, 15) is 17.2 Å². The highest BCUT2D eigenvalue weighted by molar-refractivity contribution is 7.92. The van der Waals surface area contributed by atoms with Gasteiger partial charge in [-0.2, -0.15) is 5.10 Å². The Balaban J connectivity index is 2.23. The minimum absolute atomic E-state index is 0.139. The Bertz CT molecular complexity index is 713. The van der Waals surface area contributed by atoms with Gasteiger partial charge >= 0.3 is 0 Å². The van der Waals surface area contributed by atoms with E-state index in [0.717, 1.165) is 6.07 Å². The van der Waals surface area contributed by atoms with Crippen molar-refractivity contribution in [3.63, 3.8) is 0 Å². The summed E-state index contributed by atoms with van der Waals surface area (Å²) in [5.74, 6) is -0.773. The fraction of sp³-hybridized carbons (Fsp3) is 0.417. The summed E-state index contributed by atoms with van der Waals surface area (Å²) in [7, 11) is -3.60. The van der Waals surface area contributed by atoms with Gasteiger partial charge in [0.1, 0.15) is 5.52 Å². The number of fused-ring (bicyclic) bond motifs is 1. The fourth-order valence-electron chi connectivity index (χ4n) is 1.88. The molecule has 1 aromatic carbocycles. The number of aromatic nitrogens is 2. The van der Waals surface area contributed by atoms with Gasteiger partial charge < -0.3 is 0 Å².